The third-order valence-corrected chi connectivity index (χ3v) is 6.74. The molecule has 0 spiro atoms. The van der Waals surface area contributed by atoms with Gasteiger partial charge >= 0.3 is 0 Å². The van der Waals surface area contributed by atoms with E-state index in [0.29, 0.717) is 37.1 Å². The Morgan fingerprint density at radius 3 is 2.40 bits per heavy atom. The van der Waals surface area contributed by atoms with Crippen molar-refractivity contribution in [3.8, 4) is 0 Å². The number of carbonyl (C=O) groups is 2. The molecule has 1 saturated carbocycles. The normalized spacial score (nSPS) is 21.1. The van der Waals surface area contributed by atoms with E-state index in [1.165, 1.54) is 19.3 Å². The van der Waals surface area contributed by atoms with Gasteiger partial charge in [-0.1, -0.05) is 43.0 Å². The number of benzene rings is 1. The van der Waals surface area contributed by atoms with Crippen LogP contribution in [-0.2, 0) is 16.0 Å². The fourth-order valence-corrected chi connectivity index (χ4v) is 4.80. The maximum Gasteiger partial charge on any atom is 0.239 e. The number of likely N-dealkylation sites (tertiary alicyclic amines) is 1. The summed E-state index contributed by atoms with van der Waals surface area (Å²) in [5.74, 6) is 0.125. The van der Waals surface area contributed by atoms with Gasteiger partial charge in [-0.25, -0.2) is 0 Å². The summed E-state index contributed by atoms with van der Waals surface area (Å²) in [6.07, 6.45) is 7.40. The van der Waals surface area contributed by atoms with E-state index < -0.39 is 6.04 Å². The van der Waals surface area contributed by atoms with Crippen molar-refractivity contribution in [2.45, 2.75) is 63.1 Å². The predicted octanol–water partition coefficient (Wildman–Crippen LogP) is 2.53. The van der Waals surface area contributed by atoms with Crippen molar-refractivity contribution >= 4 is 23.4 Å². The van der Waals surface area contributed by atoms with Gasteiger partial charge in [0.1, 0.15) is 0 Å². The van der Waals surface area contributed by atoms with Gasteiger partial charge < -0.3 is 15.5 Å². The Morgan fingerprint density at radius 2 is 1.77 bits per heavy atom. The molecule has 30 heavy (non-hydrogen) atoms. The summed E-state index contributed by atoms with van der Waals surface area (Å²) in [6.45, 7) is 1.79. The molecule has 7 heteroatoms. The number of carbonyl (C=O) groups excluding carboxylic acids is 2. The molecule has 2 fully saturated rings. The zero-order valence-corrected chi connectivity index (χ0v) is 19.0. The Hall–Kier alpha value is -1.63. The fraction of sp³-hybridized carbons (Fsp3) is 0.652. The quantitative estimate of drug-likeness (QED) is 0.715. The van der Waals surface area contributed by atoms with E-state index in [-0.39, 0.29) is 17.9 Å². The Labute approximate surface area is 185 Å². The molecule has 0 aromatic heterocycles. The third-order valence-electron chi connectivity index (χ3n) is 6.49. The number of halogens is 1. The fourth-order valence-electron chi connectivity index (χ4n) is 4.68. The highest BCUT2D eigenvalue weighted by molar-refractivity contribution is 6.30. The van der Waals surface area contributed by atoms with Crippen LogP contribution in [0.1, 0.15) is 44.1 Å². The summed E-state index contributed by atoms with van der Waals surface area (Å²) in [5, 5.41) is 0.677. The molecule has 2 unspecified atom stereocenters. The van der Waals surface area contributed by atoms with Crippen LogP contribution in [0.3, 0.4) is 0 Å². The Morgan fingerprint density at radius 1 is 1.10 bits per heavy atom. The monoisotopic (exact) mass is 434 g/mol. The van der Waals surface area contributed by atoms with E-state index in [1.807, 2.05) is 43.3 Å². The minimum absolute atomic E-state index is 0.00465. The minimum atomic E-state index is -0.559. The van der Waals surface area contributed by atoms with Crippen LogP contribution in [-0.4, -0.2) is 78.4 Å². The smallest absolute Gasteiger partial charge is 0.239 e. The molecular weight excluding hydrogens is 400 g/mol. The molecule has 0 bridgehead atoms. The molecule has 166 valence electrons. The van der Waals surface area contributed by atoms with Gasteiger partial charge in [0.25, 0.3) is 0 Å². The predicted molar refractivity (Wildman–Crippen MR) is 120 cm³/mol. The van der Waals surface area contributed by atoms with Crippen LogP contribution in [0.5, 0.6) is 0 Å². The van der Waals surface area contributed by atoms with Crippen LogP contribution >= 0.6 is 11.6 Å². The number of amides is 2. The summed E-state index contributed by atoms with van der Waals surface area (Å²) in [7, 11) is 3.61. The molecule has 1 aliphatic carbocycles. The summed E-state index contributed by atoms with van der Waals surface area (Å²) in [6, 6.07) is 7.58. The van der Waals surface area contributed by atoms with Crippen LogP contribution in [0.2, 0.25) is 5.02 Å². The average Bonchev–Trinajstić information content (AvgIpc) is 3.23. The van der Waals surface area contributed by atoms with Gasteiger partial charge in [-0.3, -0.25) is 14.5 Å². The SMILES string of the molecule is CN(C)C(=O)CN(C1CCCCC1)C1CCN(C(=O)C(N)Cc2ccc(Cl)cc2)C1. The number of rotatable bonds is 7. The lowest BCUT2D eigenvalue weighted by atomic mass is 9.93. The zero-order chi connectivity index (χ0) is 21.7. The van der Waals surface area contributed by atoms with Crippen LogP contribution < -0.4 is 5.73 Å². The molecule has 1 aromatic rings. The van der Waals surface area contributed by atoms with Crippen molar-refractivity contribution in [3.05, 3.63) is 34.9 Å². The van der Waals surface area contributed by atoms with Crippen molar-refractivity contribution in [1.29, 1.82) is 0 Å². The number of nitrogens with zero attached hydrogens (tertiary/aromatic N) is 3. The first-order valence-electron chi connectivity index (χ1n) is 11.1. The first-order valence-corrected chi connectivity index (χ1v) is 11.5. The number of hydrogen-bond acceptors (Lipinski definition) is 4. The molecular formula is C23H35ClN4O2. The molecule has 2 N–H and O–H groups in total. The van der Waals surface area contributed by atoms with Gasteiger partial charge in [-0.2, -0.15) is 0 Å². The molecule has 1 aliphatic heterocycles. The molecule has 2 atom stereocenters. The summed E-state index contributed by atoms with van der Waals surface area (Å²) in [5.41, 5.74) is 7.26. The number of likely N-dealkylation sites (N-methyl/N-ethyl adjacent to an activating group) is 1. The highest BCUT2D eigenvalue weighted by Gasteiger charge is 2.36. The van der Waals surface area contributed by atoms with Crippen LogP contribution in [0, 0.1) is 0 Å². The zero-order valence-electron chi connectivity index (χ0n) is 18.2. The van der Waals surface area contributed by atoms with Gasteiger partial charge in [0.05, 0.1) is 12.6 Å². The second-order valence-corrected chi connectivity index (χ2v) is 9.35. The summed E-state index contributed by atoms with van der Waals surface area (Å²) < 4.78 is 0. The van der Waals surface area contributed by atoms with Crippen LogP contribution in [0.4, 0.5) is 0 Å². The third kappa shape index (κ3) is 5.96. The summed E-state index contributed by atoms with van der Waals surface area (Å²) in [4.78, 5) is 31.4. The maximum absolute atomic E-state index is 13.0. The first kappa shape index (κ1) is 23.0. The highest BCUT2D eigenvalue weighted by Crippen LogP contribution is 2.27. The number of hydrogen-bond donors (Lipinski definition) is 1. The standard InChI is InChI=1S/C23H35ClN4O2/c1-26(2)22(29)16-28(19-6-4-3-5-7-19)20-12-13-27(15-20)23(30)21(25)14-17-8-10-18(24)11-9-17/h8-11,19-21H,3-7,12-16,25H2,1-2H3. The largest absolute Gasteiger partial charge is 0.348 e. The van der Waals surface area contributed by atoms with E-state index in [9.17, 15) is 9.59 Å². The minimum Gasteiger partial charge on any atom is -0.348 e. The molecule has 1 saturated heterocycles. The maximum atomic E-state index is 13.0. The van der Waals surface area contributed by atoms with Crippen LogP contribution in [0.25, 0.3) is 0 Å². The van der Waals surface area contributed by atoms with E-state index in [4.69, 9.17) is 17.3 Å². The van der Waals surface area contributed by atoms with Crippen LogP contribution in [0.15, 0.2) is 24.3 Å². The molecule has 2 amide bonds. The van der Waals surface area contributed by atoms with E-state index >= 15 is 0 Å². The lowest BCUT2D eigenvalue weighted by Gasteiger charge is -2.38. The Balaban J connectivity index is 1.61. The molecule has 0 radical (unpaired) electrons. The van der Waals surface area contributed by atoms with Gasteiger partial charge in [-0.05, 0) is 43.4 Å². The van der Waals surface area contributed by atoms with Crippen molar-refractivity contribution < 1.29 is 9.59 Å². The molecule has 1 heterocycles. The molecule has 6 nitrogen and oxygen atoms in total. The lowest BCUT2D eigenvalue weighted by Crippen LogP contribution is -2.51. The molecule has 2 aliphatic rings. The van der Waals surface area contributed by atoms with E-state index in [2.05, 4.69) is 4.90 Å². The Bertz CT molecular complexity index is 718. The first-order chi connectivity index (χ1) is 14.3. The lowest BCUT2D eigenvalue weighted by molar-refractivity contribution is -0.132. The second kappa shape index (κ2) is 10.6. The van der Waals surface area contributed by atoms with Gasteiger partial charge in [0, 0.05) is 44.3 Å². The van der Waals surface area contributed by atoms with Gasteiger partial charge in [0.2, 0.25) is 11.8 Å². The van der Waals surface area contributed by atoms with E-state index in [0.717, 1.165) is 24.8 Å². The van der Waals surface area contributed by atoms with Gasteiger partial charge in [-0.15, -0.1) is 0 Å². The topological polar surface area (TPSA) is 69.9 Å². The molecule has 1 aromatic carbocycles. The summed E-state index contributed by atoms with van der Waals surface area (Å²) >= 11 is 5.94. The second-order valence-electron chi connectivity index (χ2n) is 8.92. The number of nitrogens with two attached hydrogens (primary N) is 1. The molecule has 3 rings (SSSR count). The average molecular weight is 435 g/mol. The van der Waals surface area contributed by atoms with Crippen molar-refractivity contribution in [1.82, 2.24) is 14.7 Å². The van der Waals surface area contributed by atoms with Gasteiger partial charge in [0.15, 0.2) is 0 Å². The van der Waals surface area contributed by atoms with Crippen molar-refractivity contribution in [3.63, 3.8) is 0 Å². The van der Waals surface area contributed by atoms with E-state index in [1.54, 1.807) is 4.90 Å². The van der Waals surface area contributed by atoms with Crippen molar-refractivity contribution in [2.24, 2.45) is 5.73 Å². The highest BCUT2D eigenvalue weighted by atomic mass is 35.5. The Kier molecular flexibility index (Phi) is 8.14. The van der Waals surface area contributed by atoms with Crippen molar-refractivity contribution in [2.75, 3.05) is 33.7 Å².